The Balaban J connectivity index is 2.10. The predicted octanol–water partition coefficient (Wildman–Crippen LogP) is 5.39. The van der Waals surface area contributed by atoms with Crippen LogP contribution < -0.4 is 4.31 Å². The molecule has 0 N–H and O–H groups in total. The van der Waals surface area contributed by atoms with E-state index >= 15 is 0 Å². The van der Waals surface area contributed by atoms with Gasteiger partial charge in [0, 0.05) is 11.1 Å². The number of halogens is 1. The Morgan fingerprint density at radius 3 is 2.34 bits per heavy atom. The molecule has 0 aliphatic carbocycles. The van der Waals surface area contributed by atoms with Crippen LogP contribution in [0.5, 0.6) is 0 Å². The summed E-state index contributed by atoms with van der Waals surface area (Å²) in [5, 5.41) is 0.530. The van der Waals surface area contributed by atoms with Gasteiger partial charge in [0.1, 0.15) is 0 Å². The van der Waals surface area contributed by atoms with E-state index in [9.17, 15) is 13.2 Å². The van der Waals surface area contributed by atoms with E-state index < -0.39 is 15.9 Å². The van der Waals surface area contributed by atoms with Crippen LogP contribution in [0.4, 0.5) is 5.69 Å². The van der Waals surface area contributed by atoms with Crippen molar-refractivity contribution in [1.29, 1.82) is 0 Å². The van der Waals surface area contributed by atoms with Crippen molar-refractivity contribution in [2.45, 2.75) is 18.7 Å². The van der Waals surface area contributed by atoms with E-state index in [0.717, 1.165) is 9.87 Å². The maximum atomic E-state index is 13.4. The van der Waals surface area contributed by atoms with Crippen LogP contribution in [-0.2, 0) is 14.8 Å². The number of benzene rings is 3. The van der Waals surface area contributed by atoms with Gasteiger partial charge in [-0.05, 0) is 66.9 Å². The summed E-state index contributed by atoms with van der Waals surface area (Å²) in [4.78, 5) is 13.2. The van der Waals surface area contributed by atoms with Crippen LogP contribution in [0.1, 0.15) is 16.7 Å². The topological polar surface area (TPSA) is 54.5 Å². The highest BCUT2D eigenvalue weighted by Gasteiger charge is 2.30. The Morgan fingerprint density at radius 2 is 1.66 bits per heavy atom. The molecule has 6 heteroatoms. The number of aryl methyl sites for hydroxylation is 2. The highest BCUT2D eigenvalue weighted by Crippen LogP contribution is 2.28. The van der Waals surface area contributed by atoms with Gasteiger partial charge in [-0.2, -0.15) is 4.31 Å². The molecule has 4 nitrogen and oxygen atoms in total. The van der Waals surface area contributed by atoms with Crippen LogP contribution in [-0.4, -0.2) is 14.3 Å². The highest BCUT2D eigenvalue weighted by molar-refractivity contribution is 7.93. The maximum Gasteiger partial charge on any atom is 0.271 e. The van der Waals surface area contributed by atoms with Gasteiger partial charge < -0.3 is 0 Å². The molecule has 0 spiro atoms. The Labute approximate surface area is 176 Å². The van der Waals surface area contributed by atoms with Gasteiger partial charge in [-0.25, -0.2) is 8.42 Å². The van der Waals surface area contributed by atoms with Crippen LogP contribution in [0.25, 0.3) is 6.08 Å². The van der Waals surface area contributed by atoms with Crippen molar-refractivity contribution in [3.8, 4) is 0 Å². The molecule has 0 aliphatic heterocycles. The first-order valence-electron chi connectivity index (χ1n) is 8.94. The molecule has 3 aromatic carbocycles. The molecule has 0 aliphatic rings. The van der Waals surface area contributed by atoms with Gasteiger partial charge in [-0.15, -0.1) is 0 Å². The molecule has 0 fully saturated rings. The third-order valence-corrected chi connectivity index (χ3v) is 6.29. The fourth-order valence-corrected chi connectivity index (χ4v) is 4.51. The van der Waals surface area contributed by atoms with Crippen molar-refractivity contribution in [3.63, 3.8) is 0 Å². The van der Waals surface area contributed by atoms with E-state index in [2.05, 4.69) is 0 Å². The minimum absolute atomic E-state index is 0.0467. The highest BCUT2D eigenvalue weighted by atomic mass is 35.5. The summed E-state index contributed by atoms with van der Waals surface area (Å²) in [7, 11) is -4.10. The molecule has 3 aromatic rings. The summed E-state index contributed by atoms with van der Waals surface area (Å²) in [6.45, 7) is 3.62. The van der Waals surface area contributed by atoms with Crippen LogP contribution in [0, 0.1) is 13.8 Å². The lowest BCUT2D eigenvalue weighted by Gasteiger charge is -2.23. The molecule has 0 bridgehead atoms. The van der Waals surface area contributed by atoms with Crippen molar-refractivity contribution >= 4 is 39.3 Å². The van der Waals surface area contributed by atoms with Crippen molar-refractivity contribution in [1.82, 2.24) is 0 Å². The number of carbonyl (C=O) groups is 1. The minimum Gasteiger partial charge on any atom is -0.268 e. The predicted molar refractivity (Wildman–Crippen MR) is 118 cm³/mol. The second-order valence-electron chi connectivity index (χ2n) is 6.60. The first kappa shape index (κ1) is 20.8. The van der Waals surface area contributed by atoms with Crippen molar-refractivity contribution in [2.24, 2.45) is 0 Å². The van der Waals surface area contributed by atoms with E-state index in [-0.39, 0.29) is 4.90 Å². The van der Waals surface area contributed by atoms with Gasteiger partial charge in [0.25, 0.3) is 15.9 Å². The lowest BCUT2D eigenvalue weighted by Crippen LogP contribution is -2.36. The van der Waals surface area contributed by atoms with Gasteiger partial charge in [0.05, 0.1) is 10.6 Å². The number of anilines is 1. The zero-order chi connectivity index (χ0) is 21.0. The SMILES string of the molecule is Cc1ccc(C)c(N(C(=O)/C=C/c2cccc(Cl)c2)S(=O)(=O)c2ccccc2)c1. The second kappa shape index (κ2) is 8.64. The molecule has 1 amide bonds. The van der Waals surface area contributed by atoms with Crippen molar-refractivity contribution in [2.75, 3.05) is 4.31 Å². The zero-order valence-corrected chi connectivity index (χ0v) is 17.6. The Kier molecular flexibility index (Phi) is 6.20. The number of carbonyl (C=O) groups excluding carboxylic acids is 1. The molecular weight excluding hydrogens is 406 g/mol. The van der Waals surface area contributed by atoms with Gasteiger partial charge in [-0.1, -0.05) is 54.1 Å². The number of hydrogen-bond donors (Lipinski definition) is 0. The molecule has 0 saturated heterocycles. The molecular formula is C23H20ClNO3S. The smallest absolute Gasteiger partial charge is 0.268 e. The monoisotopic (exact) mass is 425 g/mol. The van der Waals surface area contributed by atoms with Gasteiger partial charge in [-0.3, -0.25) is 4.79 Å². The van der Waals surface area contributed by atoms with E-state index in [0.29, 0.717) is 21.8 Å². The van der Waals surface area contributed by atoms with E-state index in [1.165, 1.54) is 18.2 Å². The number of nitrogens with zero attached hydrogens (tertiary/aromatic N) is 1. The first-order chi connectivity index (χ1) is 13.8. The summed E-state index contributed by atoms with van der Waals surface area (Å²) < 4.78 is 27.6. The lowest BCUT2D eigenvalue weighted by atomic mass is 10.1. The molecule has 0 heterocycles. The summed E-state index contributed by atoms with van der Waals surface area (Å²) in [6.07, 6.45) is 2.79. The molecule has 148 valence electrons. The minimum atomic E-state index is -4.10. The largest absolute Gasteiger partial charge is 0.271 e. The van der Waals surface area contributed by atoms with E-state index in [4.69, 9.17) is 11.6 Å². The molecule has 0 atom stereocenters. The zero-order valence-electron chi connectivity index (χ0n) is 16.0. The van der Waals surface area contributed by atoms with Gasteiger partial charge in [0.2, 0.25) is 0 Å². The first-order valence-corrected chi connectivity index (χ1v) is 10.8. The van der Waals surface area contributed by atoms with E-state index in [1.807, 2.05) is 13.0 Å². The molecule has 0 saturated carbocycles. The summed E-state index contributed by atoms with van der Waals surface area (Å²) in [5.74, 6) is -0.664. The molecule has 0 unspecified atom stereocenters. The lowest BCUT2D eigenvalue weighted by molar-refractivity contribution is -0.113. The van der Waals surface area contributed by atoms with Crippen LogP contribution in [0.15, 0.2) is 83.8 Å². The summed E-state index contributed by atoms with van der Waals surface area (Å²) in [5.41, 5.74) is 2.56. The maximum absolute atomic E-state index is 13.4. The van der Waals surface area contributed by atoms with Gasteiger partial charge in [0.15, 0.2) is 0 Å². The number of rotatable bonds is 5. The Hall–Kier alpha value is -2.89. The molecule has 0 aromatic heterocycles. The number of hydrogen-bond acceptors (Lipinski definition) is 3. The number of sulfonamides is 1. The van der Waals surface area contributed by atoms with Crippen LogP contribution in [0.3, 0.4) is 0 Å². The quantitative estimate of drug-likeness (QED) is 0.515. The second-order valence-corrected chi connectivity index (χ2v) is 8.82. The average molecular weight is 426 g/mol. The number of amides is 1. The Morgan fingerprint density at radius 1 is 0.931 bits per heavy atom. The third kappa shape index (κ3) is 4.75. The van der Waals surface area contributed by atoms with E-state index in [1.54, 1.807) is 67.6 Å². The fraction of sp³-hybridized carbons (Fsp3) is 0.0870. The molecule has 0 radical (unpaired) electrons. The summed E-state index contributed by atoms with van der Waals surface area (Å²) >= 11 is 5.98. The van der Waals surface area contributed by atoms with Crippen molar-refractivity contribution in [3.05, 3.63) is 101 Å². The molecule has 29 heavy (non-hydrogen) atoms. The Bertz CT molecular complexity index is 1170. The summed E-state index contributed by atoms with van der Waals surface area (Å²) in [6, 6.07) is 20.2. The standard InChI is InChI=1S/C23H20ClNO3S/c1-17-11-12-18(2)22(15-17)25(29(27,28)21-9-4-3-5-10-21)23(26)14-13-19-7-6-8-20(24)16-19/h3-16H,1-2H3/b14-13+. The fourth-order valence-electron chi connectivity index (χ4n) is 2.85. The van der Waals surface area contributed by atoms with Crippen LogP contribution >= 0.6 is 11.6 Å². The molecule has 3 rings (SSSR count). The third-order valence-electron chi connectivity index (χ3n) is 4.33. The van der Waals surface area contributed by atoms with Crippen LogP contribution in [0.2, 0.25) is 5.02 Å². The average Bonchev–Trinajstić information content (AvgIpc) is 2.70. The van der Waals surface area contributed by atoms with Gasteiger partial charge >= 0.3 is 0 Å². The van der Waals surface area contributed by atoms with Crippen molar-refractivity contribution < 1.29 is 13.2 Å². The normalized spacial score (nSPS) is 11.6.